The Bertz CT molecular complexity index is 557. The van der Waals surface area contributed by atoms with Gasteiger partial charge >= 0.3 is 5.97 Å². The second kappa shape index (κ2) is 5.70. The minimum Gasteiger partial charge on any atom is -0.476 e. The zero-order valence-electron chi connectivity index (χ0n) is 9.39. The molecule has 0 aliphatic heterocycles. The predicted molar refractivity (Wildman–Crippen MR) is 66.0 cm³/mol. The van der Waals surface area contributed by atoms with Crippen molar-refractivity contribution < 1.29 is 14.3 Å². The number of halogens is 1. The van der Waals surface area contributed by atoms with Gasteiger partial charge in [0.1, 0.15) is 5.82 Å². The van der Waals surface area contributed by atoms with Crippen molar-refractivity contribution in [3.05, 3.63) is 51.7 Å². The second-order valence-electron chi connectivity index (χ2n) is 3.68. The number of hydrogen-bond acceptors (Lipinski definition) is 4. The number of aromatic carboxylic acids is 1. The SMILES string of the molecule is O=C(O)c1nc(CNCc2cccc(F)c2)cs1. The number of nitrogens with zero attached hydrogens (tertiary/aromatic N) is 1. The van der Waals surface area contributed by atoms with E-state index in [-0.39, 0.29) is 10.8 Å². The van der Waals surface area contributed by atoms with Crippen molar-refractivity contribution in [3.8, 4) is 0 Å². The Kier molecular flexibility index (Phi) is 4.01. The molecule has 0 aliphatic rings. The molecule has 94 valence electrons. The first-order valence-corrected chi connectivity index (χ1v) is 6.16. The average molecular weight is 266 g/mol. The third kappa shape index (κ3) is 3.35. The van der Waals surface area contributed by atoms with Crippen LogP contribution in [0.4, 0.5) is 4.39 Å². The molecule has 2 rings (SSSR count). The Labute approximate surface area is 107 Å². The number of benzene rings is 1. The molecular weight excluding hydrogens is 255 g/mol. The van der Waals surface area contributed by atoms with Gasteiger partial charge in [0.25, 0.3) is 0 Å². The molecule has 1 aromatic carbocycles. The molecular formula is C12H11FN2O2S. The average Bonchev–Trinajstić information content (AvgIpc) is 2.78. The van der Waals surface area contributed by atoms with Crippen LogP contribution in [-0.2, 0) is 13.1 Å². The maximum Gasteiger partial charge on any atom is 0.365 e. The van der Waals surface area contributed by atoms with Crippen LogP contribution in [0.25, 0.3) is 0 Å². The maximum absolute atomic E-state index is 12.9. The highest BCUT2D eigenvalue weighted by Crippen LogP contribution is 2.09. The van der Waals surface area contributed by atoms with Gasteiger partial charge in [0.15, 0.2) is 0 Å². The quantitative estimate of drug-likeness (QED) is 0.871. The number of rotatable bonds is 5. The molecule has 0 spiro atoms. The Morgan fingerprint density at radius 3 is 2.94 bits per heavy atom. The van der Waals surface area contributed by atoms with Crippen LogP contribution in [0, 0.1) is 5.82 Å². The first kappa shape index (κ1) is 12.7. The van der Waals surface area contributed by atoms with Crippen molar-refractivity contribution in [2.24, 2.45) is 0 Å². The van der Waals surface area contributed by atoms with Crippen molar-refractivity contribution in [1.82, 2.24) is 10.3 Å². The summed E-state index contributed by atoms with van der Waals surface area (Å²) in [4.78, 5) is 14.6. The molecule has 1 heterocycles. The van der Waals surface area contributed by atoms with Gasteiger partial charge in [0.2, 0.25) is 5.01 Å². The van der Waals surface area contributed by atoms with Gasteiger partial charge in [-0.25, -0.2) is 14.2 Å². The Hall–Kier alpha value is -1.79. The first-order chi connectivity index (χ1) is 8.65. The first-order valence-electron chi connectivity index (χ1n) is 5.28. The molecule has 1 aromatic heterocycles. The summed E-state index contributed by atoms with van der Waals surface area (Å²) in [6.07, 6.45) is 0. The van der Waals surface area contributed by atoms with Crippen LogP contribution >= 0.6 is 11.3 Å². The van der Waals surface area contributed by atoms with E-state index in [2.05, 4.69) is 10.3 Å². The molecule has 0 aliphatic carbocycles. The fourth-order valence-electron chi connectivity index (χ4n) is 1.47. The van der Waals surface area contributed by atoms with Gasteiger partial charge in [-0.3, -0.25) is 0 Å². The Morgan fingerprint density at radius 1 is 1.44 bits per heavy atom. The molecule has 0 saturated heterocycles. The summed E-state index contributed by atoms with van der Waals surface area (Å²) in [5.41, 5.74) is 1.51. The molecule has 0 saturated carbocycles. The van der Waals surface area contributed by atoms with Crippen LogP contribution in [0.5, 0.6) is 0 Å². The van der Waals surface area contributed by atoms with Gasteiger partial charge in [0, 0.05) is 18.5 Å². The van der Waals surface area contributed by atoms with E-state index in [1.807, 2.05) is 6.07 Å². The number of thiazole rings is 1. The summed E-state index contributed by atoms with van der Waals surface area (Å²) in [7, 11) is 0. The minimum absolute atomic E-state index is 0.0811. The lowest BCUT2D eigenvalue weighted by atomic mass is 10.2. The van der Waals surface area contributed by atoms with E-state index in [1.54, 1.807) is 11.4 Å². The summed E-state index contributed by atoms with van der Waals surface area (Å²) in [6, 6.07) is 6.32. The largest absolute Gasteiger partial charge is 0.476 e. The zero-order chi connectivity index (χ0) is 13.0. The summed E-state index contributed by atoms with van der Waals surface area (Å²) in [5.74, 6) is -1.28. The summed E-state index contributed by atoms with van der Waals surface area (Å²) < 4.78 is 12.9. The lowest BCUT2D eigenvalue weighted by Gasteiger charge is -2.02. The lowest BCUT2D eigenvalue weighted by Crippen LogP contribution is -2.13. The van der Waals surface area contributed by atoms with Gasteiger partial charge in [-0.05, 0) is 17.7 Å². The number of hydrogen-bond donors (Lipinski definition) is 2. The number of aromatic nitrogens is 1. The molecule has 0 bridgehead atoms. The van der Waals surface area contributed by atoms with E-state index in [0.29, 0.717) is 18.8 Å². The van der Waals surface area contributed by atoms with Crippen molar-refractivity contribution in [1.29, 1.82) is 0 Å². The lowest BCUT2D eigenvalue weighted by molar-refractivity contribution is 0.0696. The van der Waals surface area contributed by atoms with Crippen molar-refractivity contribution >= 4 is 17.3 Å². The highest BCUT2D eigenvalue weighted by Gasteiger charge is 2.08. The molecule has 18 heavy (non-hydrogen) atoms. The fraction of sp³-hybridized carbons (Fsp3) is 0.167. The molecule has 4 nitrogen and oxygen atoms in total. The molecule has 2 aromatic rings. The number of carbonyl (C=O) groups is 1. The van der Waals surface area contributed by atoms with E-state index in [4.69, 9.17) is 5.11 Å². The highest BCUT2D eigenvalue weighted by atomic mass is 32.1. The van der Waals surface area contributed by atoms with Crippen LogP contribution in [-0.4, -0.2) is 16.1 Å². The third-order valence-corrected chi connectivity index (χ3v) is 3.14. The van der Waals surface area contributed by atoms with E-state index < -0.39 is 5.97 Å². The van der Waals surface area contributed by atoms with Crippen LogP contribution in [0.2, 0.25) is 0 Å². The fourth-order valence-corrected chi connectivity index (χ4v) is 2.12. The third-order valence-electron chi connectivity index (χ3n) is 2.26. The Balaban J connectivity index is 1.86. The monoisotopic (exact) mass is 266 g/mol. The summed E-state index contributed by atoms with van der Waals surface area (Å²) in [5, 5.41) is 13.6. The van der Waals surface area contributed by atoms with E-state index in [1.165, 1.54) is 12.1 Å². The van der Waals surface area contributed by atoms with Gasteiger partial charge in [-0.15, -0.1) is 11.3 Å². The molecule has 0 unspecified atom stereocenters. The summed E-state index contributed by atoms with van der Waals surface area (Å²) >= 11 is 1.10. The van der Waals surface area contributed by atoms with Gasteiger partial charge in [-0.1, -0.05) is 12.1 Å². The van der Waals surface area contributed by atoms with E-state index in [9.17, 15) is 9.18 Å². The molecule has 0 radical (unpaired) electrons. The zero-order valence-corrected chi connectivity index (χ0v) is 10.2. The topological polar surface area (TPSA) is 62.2 Å². The van der Waals surface area contributed by atoms with E-state index in [0.717, 1.165) is 16.9 Å². The van der Waals surface area contributed by atoms with Gasteiger partial charge in [-0.2, -0.15) is 0 Å². The maximum atomic E-state index is 12.9. The highest BCUT2D eigenvalue weighted by molar-refractivity contribution is 7.11. The molecule has 0 amide bonds. The normalized spacial score (nSPS) is 10.5. The summed E-state index contributed by atoms with van der Waals surface area (Å²) in [6.45, 7) is 0.970. The van der Waals surface area contributed by atoms with Crippen molar-refractivity contribution in [2.45, 2.75) is 13.1 Å². The smallest absolute Gasteiger partial charge is 0.365 e. The standard InChI is InChI=1S/C12H11FN2O2S/c13-9-3-1-2-8(4-9)5-14-6-10-7-18-11(15-10)12(16)17/h1-4,7,14H,5-6H2,(H,16,17). The molecule has 0 atom stereocenters. The number of nitrogens with one attached hydrogen (secondary N) is 1. The van der Waals surface area contributed by atoms with E-state index >= 15 is 0 Å². The molecule has 6 heteroatoms. The predicted octanol–water partition coefficient (Wildman–Crippen LogP) is 2.27. The molecule has 2 N–H and O–H groups in total. The molecule has 0 fully saturated rings. The van der Waals surface area contributed by atoms with Crippen LogP contribution in [0.15, 0.2) is 29.6 Å². The van der Waals surface area contributed by atoms with Crippen molar-refractivity contribution in [3.63, 3.8) is 0 Å². The van der Waals surface area contributed by atoms with Gasteiger partial charge in [0.05, 0.1) is 5.69 Å². The second-order valence-corrected chi connectivity index (χ2v) is 4.54. The van der Waals surface area contributed by atoms with Crippen LogP contribution < -0.4 is 5.32 Å². The van der Waals surface area contributed by atoms with Crippen molar-refractivity contribution in [2.75, 3.05) is 0 Å². The van der Waals surface area contributed by atoms with Crippen LogP contribution in [0.1, 0.15) is 21.1 Å². The van der Waals surface area contributed by atoms with Crippen LogP contribution in [0.3, 0.4) is 0 Å². The number of carboxylic acids is 1. The van der Waals surface area contributed by atoms with Gasteiger partial charge < -0.3 is 10.4 Å². The Morgan fingerprint density at radius 2 is 2.28 bits per heavy atom. The number of carboxylic acid groups (broad SMARTS) is 1. The minimum atomic E-state index is -1.02.